The van der Waals surface area contributed by atoms with Crippen molar-refractivity contribution in [1.29, 1.82) is 0 Å². The van der Waals surface area contributed by atoms with Gasteiger partial charge >= 0.3 is 6.03 Å². The Kier molecular flexibility index (Phi) is 2.87. The van der Waals surface area contributed by atoms with E-state index >= 15 is 0 Å². The summed E-state index contributed by atoms with van der Waals surface area (Å²) in [6, 6.07) is -0.519. The average Bonchev–Trinajstić information content (AvgIpc) is 3.19. The van der Waals surface area contributed by atoms with Crippen LogP contribution in [0.3, 0.4) is 0 Å². The SMILES string of the molecule is CCC1CCCCC1N1C(=O)NC(=O)C2(CC2)C1=O. The van der Waals surface area contributed by atoms with Gasteiger partial charge in [0.25, 0.3) is 0 Å². The van der Waals surface area contributed by atoms with E-state index in [1.54, 1.807) is 0 Å². The molecule has 0 bridgehead atoms. The second-order valence-electron chi connectivity index (χ2n) is 6.04. The van der Waals surface area contributed by atoms with Crippen LogP contribution in [0.1, 0.15) is 51.9 Å². The molecule has 2 atom stereocenters. The van der Waals surface area contributed by atoms with E-state index in [1.165, 1.54) is 11.3 Å². The Hall–Kier alpha value is -1.39. The third kappa shape index (κ3) is 1.78. The standard InChI is InChI=1S/C14H20N2O3/c1-2-9-5-3-4-6-10(9)16-12(18)14(7-8-14)11(17)15-13(16)19/h9-10H,2-8H2,1H3,(H,15,17,19). The number of imide groups is 2. The highest BCUT2D eigenvalue weighted by molar-refractivity contribution is 6.21. The number of carbonyl (C=O) groups is 3. The molecule has 0 radical (unpaired) electrons. The predicted octanol–water partition coefficient (Wildman–Crippen LogP) is 1.81. The number of barbiturate groups is 1. The first kappa shape index (κ1) is 12.6. The third-order valence-electron chi connectivity index (χ3n) is 4.98. The molecule has 5 heteroatoms. The first-order valence-corrected chi connectivity index (χ1v) is 7.29. The molecular weight excluding hydrogens is 244 g/mol. The number of nitrogens with zero attached hydrogens (tertiary/aromatic N) is 1. The van der Waals surface area contributed by atoms with Gasteiger partial charge in [0.15, 0.2) is 0 Å². The van der Waals surface area contributed by atoms with Crippen LogP contribution in [0.2, 0.25) is 0 Å². The lowest BCUT2D eigenvalue weighted by Gasteiger charge is -2.41. The Morgan fingerprint density at radius 2 is 1.89 bits per heavy atom. The molecule has 1 saturated heterocycles. The maximum Gasteiger partial charge on any atom is 0.331 e. The summed E-state index contributed by atoms with van der Waals surface area (Å²) in [5.41, 5.74) is -0.899. The Morgan fingerprint density at radius 1 is 1.21 bits per heavy atom. The average molecular weight is 264 g/mol. The smallest absolute Gasteiger partial charge is 0.277 e. The lowest BCUT2D eigenvalue weighted by molar-refractivity contribution is -0.147. The van der Waals surface area contributed by atoms with Crippen molar-refractivity contribution in [2.75, 3.05) is 0 Å². The zero-order valence-corrected chi connectivity index (χ0v) is 11.3. The van der Waals surface area contributed by atoms with Crippen LogP contribution in [0.25, 0.3) is 0 Å². The lowest BCUT2D eigenvalue weighted by atomic mass is 9.81. The number of nitrogens with one attached hydrogen (secondary N) is 1. The molecule has 1 N–H and O–H groups in total. The molecule has 0 aromatic carbocycles. The fourth-order valence-corrected chi connectivity index (χ4v) is 3.57. The van der Waals surface area contributed by atoms with Crippen LogP contribution in [0, 0.1) is 11.3 Å². The highest BCUT2D eigenvalue weighted by atomic mass is 16.2. The van der Waals surface area contributed by atoms with Crippen molar-refractivity contribution < 1.29 is 14.4 Å². The van der Waals surface area contributed by atoms with Crippen molar-refractivity contribution in [1.82, 2.24) is 10.2 Å². The molecule has 2 aliphatic carbocycles. The molecule has 2 unspecified atom stereocenters. The van der Waals surface area contributed by atoms with E-state index in [2.05, 4.69) is 12.2 Å². The van der Waals surface area contributed by atoms with Gasteiger partial charge in [-0.3, -0.25) is 19.8 Å². The molecule has 0 aromatic heterocycles. The lowest BCUT2D eigenvalue weighted by Crippen LogP contribution is -2.63. The van der Waals surface area contributed by atoms with E-state index in [9.17, 15) is 14.4 Å². The van der Waals surface area contributed by atoms with E-state index in [0.29, 0.717) is 18.8 Å². The van der Waals surface area contributed by atoms with Gasteiger partial charge in [0, 0.05) is 6.04 Å². The number of amides is 4. The Bertz CT molecular complexity index is 442. The molecule has 0 aromatic rings. The van der Waals surface area contributed by atoms with E-state index in [4.69, 9.17) is 0 Å². The molecule has 3 fully saturated rings. The molecule has 1 spiro atoms. The minimum absolute atomic E-state index is 0.0168. The van der Waals surface area contributed by atoms with Crippen LogP contribution in [-0.4, -0.2) is 28.8 Å². The summed E-state index contributed by atoms with van der Waals surface area (Å²) >= 11 is 0. The minimum atomic E-state index is -0.899. The molecule has 4 amide bonds. The first-order valence-electron chi connectivity index (χ1n) is 7.29. The second kappa shape index (κ2) is 4.32. The molecule has 1 aliphatic heterocycles. The Morgan fingerprint density at radius 3 is 2.53 bits per heavy atom. The normalized spacial score (nSPS) is 33.5. The molecule has 2 saturated carbocycles. The van der Waals surface area contributed by atoms with Crippen LogP contribution in [-0.2, 0) is 9.59 Å². The number of hydrogen-bond donors (Lipinski definition) is 1. The van der Waals surface area contributed by atoms with Gasteiger partial charge in [0.1, 0.15) is 5.41 Å². The zero-order chi connectivity index (χ0) is 13.6. The van der Waals surface area contributed by atoms with Crippen molar-refractivity contribution in [2.45, 2.75) is 57.9 Å². The zero-order valence-electron chi connectivity index (χ0n) is 11.3. The van der Waals surface area contributed by atoms with Gasteiger partial charge in [-0.25, -0.2) is 4.79 Å². The molecule has 5 nitrogen and oxygen atoms in total. The number of hydrogen-bond acceptors (Lipinski definition) is 3. The molecule has 1 heterocycles. The van der Waals surface area contributed by atoms with Crippen molar-refractivity contribution in [3.63, 3.8) is 0 Å². The summed E-state index contributed by atoms with van der Waals surface area (Å²) in [6.07, 6.45) is 6.32. The monoisotopic (exact) mass is 264 g/mol. The highest BCUT2D eigenvalue weighted by Crippen LogP contribution is 2.50. The summed E-state index contributed by atoms with van der Waals surface area (Å²) in [5.74, 6) is -0.248. The second-order valence-corrected chi connectivity index (χ2v) is 6.04. The number of rotatable bonds is 2. The number of urea groups is 1. The van der Waals surface area contributed by atoms with E-state index in [1.807, 2.05) is 0 Å². The van der Waals surface area contributed by atoms with Gasteiger partial charge < -0.3 is 0 Å². The quantitative estimate of drug-likeness (QED) is 0.773. The summed E-state index contributed by atoms with van der Waals surface area (Å²) in [6.45, 7) is 2.10. The van der Waals surface area contributed by atoms with Crippen molar-refractivity contribution >= 4 is 17.8 Å². The summed E-state index contributed by atoms with van der Waals surface area (Å²) in [7, 11) is 0. The molecule has 3 aliphatic rings. The van der Waals surface area contributed by atoms with E-state index < -0.39 is 11.4 Å². The van der Waals surface area contributed by atoms with Crippen molar-refractivity contribution in [3.8, 4) is 0 Å². The highest BCUT2D eigenvalue weighted by Gasteiger charge is 2.63. The summed E-state index contributed by atoms with van der Waals surface area (Å²) in [4.78, 5) is 37.8. The molecule has 104 valence electrons. The van der Waals surface area contributed by atoms with Gasteiger partial charge in [-0.15, -0.1) is 0 Å². The fraction of sp³-hybridized carbons (Fsp3) is 0.786. The van der Waals surface area contributed by atoms with Crippen LogP contribution in [0.5, 0.6) is 0 Å². The molecule has 3 rings (SSSR count). The van der Waals surface area contributed by atoms with Crippen LogP contribution >= 0.6 is 0 Å². The minimum Gasteiger partial charge on any atom is -0.277 e. The summed E-state index contributed by atoms with van der Waals surface area (Å²) in [5, 5.41) is 2.38. The Balaban J connectivity index is 1.88. The maximum atomic E-state index is 12.5. The topological polar surface area (TPSA) is 66.5 Å². The Labute approximate surface area is 112 Å². The van der Waals surface area contributed by atoms with Crippen LogP contribution < -0.4 is 5.32 Å². The van der Waals surface area contributed by atoms with Gasteiger partial charge in [0.2, 0.25) is 11.8 Å². The molecular formula is C14H20N2O3. The fourth-order valence-electron chi connectivity index (χ4n) is 3.57. The maximum absolute atomic E-state index is 12.5. The van der Waals surface area contributed by atoms with Crippen LogP contribution in [0.15, 0.2) is 0 Å². The van der Waals surface area contributed by atoms with Gasteiger partial charge in [-0.05, 0) is 31.6 Å². The predicted molar refractivity (Wildman–Crippen MR) is 68.1 cm³/mol. The van der Waals surface area contributed by atoms with Gasteiger partial charge in [-0.1, -0.05) is 26.2 Å². The first-order chi connectivity index (χ1) is 9.10. The van der Waals surface area contributed by atoms with Crippen LogP contribution in [0.4, 0.5) is 4.79 Å². The molecule has 19 heavy (non-hydrogen) atoms. The van der Waals surface area contributed by atoms with Crippen molar-refractivity contribution in [3.05, 3.63) is 0 Å². The van der Waals surface area contributed by atoms with Gasteiger partial charge in [-0.2, -0.15) is 0 Å². The van der Waals surface area contributed by atoms with E-state index in [-0.39, 0.29) is 17.9 Å². The largest absolute Gasteiger partial charge is 0.331 e. The van der Waals surface area contributed by atoms with Gasteiger partial charge in [0.05, 0.1) is 0 Å². The van der Waals surface area contributed by atoms with E-state index in [0.717, 1.165) is 25.7 Å². The van der Waals surface area contributed by atoms with Crippen molar-refractivity contribution in [2.24, 2.45) is 11.3 Å². The third-order valence-corrected chi connectivity index (χ3v) is 4.98. The number of carbonyl (C=O) groups excluding carboxylic acids is 3. The summed E-state index contributed by atoms with van der Waals surface area (Å²) < 4.78 is 0.